The summed E-state index contributed by atoms with van der Waals surface area (Å²) in [5.74, 6) is -0.0481. The Kier molecular flexibility index (Phi) is 4.60. The summed E-state index contributed by atoms with van der Waals surface area (Å²) in [6.07, 6.45) is 0.385. The minimum absolute atomic E-state index is 0.0588. The minimum Gasteiger partial charge on any atom is -0.493 e. The van der Waals surface area contributed by atoms with Crippen LogP contribution < -0.4 is 10.1 Å². The van der Waals surface area contributed by atoms with Gasteiger partial charge in [-0.25, -0.2) is 4.39 Å². The Morgan fingerprint density at radius 3 is 2.82 bits per heavy atom. The predicted molar refractivity (Wildman–Crippen MR) is 101 cm³/mol. The SMILES string of the molecule is Cn1nc(-c2ccc(F)cc2)cc1C(=O)NC[C@]1(O)CCOc2ccccc21. The van der Waals surface area contributed by atoms with Crippen LogP contribution in [-0.4, -0.2) is 33.9 Å². The first-order valence-electron chi connectivity index (χ1n) is 8.99. The van der Waals surface area contributed by atoms with Gasteiger partial charge in [0.25, 0.3) is 5.91 Å². The monoisotopic (exact) mass is 381 g/mol. The Labute approximate surface area is 161 Å². The summed E-state index contributed by atoms with van der Waals surface area (Å²) in [5.41, 5.74) is 1.11. The molecule has 0 saturated heterocycles. The van der Waals surface area contributed by atoms with Crippen molar-refractivity contribution in [3.8, 4) is 17.0 Å². The fourth-order valence-electron chi connectivity index (χ4n) is 3.38. The smallest absolute Gasteiger partial charge is 0.269 e. The topological polar surface area (TPSA) is 76.4 Å². The van der Waals surface area contributed by atoms with Crippen LogP contribution in [0.5, 0.6) is 5.75 Å². The van der Waals surface area contributed by atoms with E-state index in [0.717, 1.165) is 0 Å². The molecular formula is C21H20FN3O3. The lowest BCUT2D eigenvalue weighted by Gasteiger charge is -2.34. The number of rotatable bonds is 4. The number of fused-ring (bicyclic) bond motifs is 1. The fraction of sp³-hybridized carbons (Fsp3) is 0.238. The van der Waals surface area contributed by atoms with Crippen LogP contribution in [-0.2, 0) is 12.6 Å². The van der Waals surface area contributed by atoms with E-state index in [1.807, 2.05) is 12.1 Å². The molecule has 1 aliphatic heterocycles. The number of carbonyl (C=O) groups excluding carboxylic acids is 1. The molecule has 0 saturated carbocycles. The van der Waals surface area contributed by atoms with Crippen LogP contribution in [0.2, 0.25) is 0 Å². The third-order valence-corrected chi connectivity index (χ3v) is 4.96. The maximum atomic E-state index is 13.1. The number of benzene rings is 2. The molecular weight excluding hydrogens is 361 g/mol. The summed E-state index contributed by atoms with van der Waals surface area (Å²) in [7, 11) is 1.67. The number of halogens is 1. The van der Waals surface area contributed by atoms with Gasteiger partial charge in [-0.15, -0.1) is 0 Å². The zero-order chi connectivity index (χ0) is 19.7. The molecule has 28 heavy (non-hydrogen) atoms. The second kappa shape index (κ2) is 7.09. The van der Waals surface area contributed by atoms with Gasteiger partial charge in [-0.05, 0) is 36.4 Å². The third-order valence-electron chi connectivity index (χ3n) is 4.96. The van der Waals surface area contributed by atoms with Crippen LogP contribution in [0.15, 0.2) is 54.6 Å². The highest BCUT2D eigenvalue weighted by Crippen LogP contribution is 2.36. The summed E-state index contributed by atoms with van der Waals surface area (Å²) < 4.78 is 20.2. The molecule has 1 amide bonds. The number of ether oxygens (including phenoxy) is 1. The van der Waals surface area contributed by atoms with Gasteiger partial charge in [-0.1, -0.05) is 18.2 Å². The van der Waals surface area contributed by atoms with E-state index >= 15 is 0 Å². The number of amides is 1. The van der Waals surface area contributed by atoms with Crippen molar-refractivity contribution in [1.82, 2.24) is 15.1 Å². The van der Waals surface area contributed by atoms with Crippen LogP contribution in [0.25, 0.3) is 11.3 Å². The molecule has 4 rings (SSSR count). The Bertz CT molecular complexity index is 1020. The van der Waals surface area contributed by atoms with Gasteiger partial charge in [0.2, 0.25) is 0 Å². The highest BCUT2D eigenvalue weighted by atomic mass is 19.1. The zero-order valence-electron chi connectivity index (χ0n) is 15.4. The lowest BCUT2D eigenvalue weighted by atomic mass is 9.88. The zero-order valence-corrected chi connectivity index (χ0v) is 15.4. The van der Waals surface area contributed by atoms with Crippen molar-refractivity contribution < 1.29 is 19.0 Å². The number of nitrogens with zero attached hydrogens (tertiary/aromatic N) is 2. The maximum absolute atomic E-state index is 13.1. The molecule has 0 aliphatic carbocycles. The molecule has 2 heterocycles. The highest BCUT2D eigenvalue weighted by molar-refractivity contribution is 5.93. The van der Waals surface area contributed by atoms with Gasteiger partial charge < -0.3 is 15.2 Å². The molecule has 144 valence electrons. The number of para-hydroxylation sites is 1. The van der Waals surface area contributed by atoms with Crippen LogP contribution in [0, 0.1) is 5.82 Å². The first kappa shape index (κ1) is 18.2. The Morgan fingerprint density at radius 2 is 2.04 bits per heavy atom. The standard InChI is InChI=1S/C21H20FN3O3/c1-25-18(12-17(24-25)14-6-8-15(22)9-7-14)20(26)23-13-21(27)10-11-28-19-5-3-2-4-16(19)21/h2-9,12,27H,10-11,13H2,1H3,(H,23,26)/t21-/m1/s1. The summed E-state index contributed by atoms with van der Waals surface area (Å²) in [6, 6.07) is 14.8. The van der Waals surface area contributed by atoms with Crippen molar-refractivity contribution in [3.63, 3.8) is 0 Å². The van der Waals surface area contributed by atoms with Gasteiger partial charge in [-0.3, -0.25) is 9.48 Å². The second-order valence-electron chi connectivity index (χ2n) is 6.85. The van der Waals surface area contributed by atoms with E-state index in [9.17, 15) is 14.3 Å². The molecule has 1 aromatic heterocycles. The van der Waals surface area contributed by atoms with Crippen LogP contribution in [0.1, 0.15) is 22.5 Å². The highest BCUT2D eigenvalue weighted by Gasteiger charge is 2.36. The van der Waals surface area contributed by atoms with Gasteiger partial charge in [0.05, 0.1) is 18.8 Å². The quantitative estimate of drug-likeness (QED) is 0.729. The van der Waals surface area contributed by atoms with Crippen molar-refractivity contribution in [2.75, 3.05) is 13.2 Å². The lowest BCUT2D eigenvalue weighted by molar-refractivity contribution is -0.00168. The van der Waals surface area contributed by atoms with E-state index < -0.39 is 5.60 Å². The molecule has 1 aliphatic rings. The largest absolute Gasteiger partial charge is 0.493 e. The molecule has 2 aromatic carbocycles. The summed E-state index contributed by atoms with van der Waals surface area (Å²) in [5, 5.41) is 18.2. The Balaban J connectivity index is 1.51. The van der Waals surface area contributed by atoms with Gasteiger partial charge in [0, 0.05) is 24.6 Å². The first-order chi connectivity index (χ1) is 13.5. The second-order valence-corrected chi connectivity index (χ2v) is 6.85. The third kappa shape index (κ3) is 3.36. The number of hydrogen-bond acceptors (Lipinski definition) is 4. The summed E-state index contributed by atoms with van der Waals surface area (Å²) in [4.78, 5) is 12.7. The summed E-state index contributed by atoms with van der Waals surface area (Å²) >= 11 is 0. The predicted octanol–water partition coefficient (Wildman–Crippen LogP) is 2.63. The van der Waals surface area contributed by atoms with Crippen LogP contribution >= 0.6 is 0 Å². The van der Waals surface area contributed by atoms with Crippen molar-refractivity contribution in [1.29, 1.82) is 0 Å². The average molecular weight is 381 g/mol. The van der Waals surface area contributed by atoms with E-state index in [4.69, 9.17) is 4.74 Å². The van der Waals surface area contributed by atoms with Crippen LogP contribution in [0.3, 0.4) is 0 Å². The van der Waals surface area contributed by atoms with Gasteiger partial charge in [0.1, 0.15) is 22.9 Å². The molecule has 1 atom stereocenters. The fourth-order valence-corrected chi connectivity index (χ4v) is 3.38. The van der Waals surface area contributed by atoms with Crippen molar-refractivity contribution in [2.45, 2.75) is 12.0 Å². The molecule has 6 nitrogen and oxygen atoms in total. The van der Waals surface area contributed by atoms with Gasteiger partial charge >= 0.3 is 0 Å². The number of aromatic nitrogens is 2. The molecule has 0 radical (unpaired) electrons. The molecule has 0 spiro atoms. The number of nitrogens with one attached hydrogen (secondary N) is 1. The molecule has 2 N–H and O–H groups in total. The lowest BCUT2D eigenvalue weighted by Crippen LogP contribution is -2.44. The van der Waals surface area contributed by atoms with E-state index in [1.54, 1.807) is 37.4 Å². The maximum Gasteiger partial charge on any atom is 0.269 e. The molecule has 7 heteroatoms. The molecule has 0 bridgehead atoms. The molecule has 0 fully saturated rings. The molecule has 0 unspecified atom stereocenters. The Hall–Kier alpha value is -3.19. The van der Waals surface area contributed by atoms with E-state index in [0.29, 0.717) is 41.3 Å². The van der Waals surface area contributed by atoms with Crippen molar-refractivity contribution in [2.24, 2.45) is 7.05 Å². The average Bonchev–Trinajstić information content (AvgIpc) is 3.09. The van der Waals surface area contributed by atoms with Gasteiger partial charge in [-0.2, -0.15) is 5.10 Å². The minimum atomic E-state index is -1.19. The normalized spacial score (nSPS) is 18.2. The van der Waals surface area contributed by atoms with Crippen LogP contribution in [0.4, 0.5) is 4.39 Å². The van der Waals surface area contributed by atoms with Crippen molar-refractivity contribution >= 4 is 5.91 Å². The van der Waals surface area contributed by atoms with E-state index in [1.165, 1.54) is 16.8 Å². The summed E-state index contributed by atoms with van der Waals surface area (Å²) in [6.45, 7) is 0.438. The number of hydrogen-bond donors (Lipinski definition) is 2. The van der Waals surface area contributed by atoms with E-state index in [2.05, 4.69) is 10.4 Å². The molecule has 3 aromatic rings. The van der Waals surface area contributed by atoms with Gasteiger partial charge in [0.15, 0.2) is 0 Å². The number of aryl methyl sites for hydroxylation is 1. The van der Waals surface area contributed by atoms with E-state index in [-0.39, 0.29) is 18.3 Å². The Morgan fingerprint density at radius 1 is 1.29 bits per heavy atom. The number of aliphatic hydroxyl groups is 1. The van der Waals surface area contributed by atoms with Crippen molar-refractivity contribution in [3.05, 3.63) is 71.7 Å². The number of carbonyl (C=O) groups is 1. The first-order valence-corrected chi connectivity index (χ1v) is 8.99.